The lowest BCUT2D eigenvalue weighted by molar-refractivity contribution is 0.0697. The van der Waals surface area contributed by atoms with Gasteiger partial charge in [-0.05, 0) is 31.0 Å². The molecule has 0 atom stereocenters. The molecule has 1 aliphatic rings. The highest BCUT2D eigenvalue weighted by atomic mass is 31.2. The summed E-state index contributed by atoms with van der Waals surface area (Å²) >= 11 is 0. The summed E-state index contributed by atoms with van der Waals surface area (Å²) in [5, 5.41) is 8.88. The first-order chi connectivity index (χ1) is 9.83. The van der Waals surface area contributed by atoms with E-state index in [0.717, 1.165) is 38.3 Å². The van der Waals surface area contributed by atoms with Gasteiger partial charge in [0.05, 0.1) is 19.0 Å². The minimum Gasteiger partial charge on any atom is -0.478 e. The van der Waals surface area contributed by atoms with Gasteiger partial charge < -0.3 is 9.67 Å². The van der Waals surface area contributed by atoms with E-state index in [-0.39, 0.29) is 0 Å². The average molecular weight is 310 g/mol. The van der Waals surface area contributed by atoms with Crippen molar-refractivity contribution in [3.8, 4) is 0 Å². The Morgan fingerprint density at radius 1 is 1.10 bits per heavy atom. The van der Waals surface area contributed by atoms with Crippen LogP contribution in [0.2, 0.25) is 0 Å². The van der Waals surface area contributed by atoms with Crippen LogP contribution in [0.3, 0.4) is 0 Å². The van der Waals surface area contributed by atoms with Gasteiger partial charge in [-0.3, -0.25) is 9.80 Å². The maximum Gasteiger partial charge on any atom is 0.335 e. The Morgan fingerprint density at radius 2 is 1.62 bits per heavy atom. The third-order valence-electron chi connectivity index (χ3n) is 3.61. The number of hydrogen-bond acceptors (Lipinski definition) is 4. The van der Waals surface area contributed by atoms with Crippen LogP contribution in [0.5, 0.6) is 0 Å². The summed E-state index contributed by atoms with van der Waals surface area (Å²) < 4.78 is 11.8. The summed E-state index contributed by atoms with van der Waals surface area (Å²) in [6.45, 7) is 8.32. The lowest BCUT2D eigenvalue weighted by Crippen LogP contribution is -2.45. The molecule has 0 saturated carbocycles. The third kappa shape index (κ3) is 5.27. The largest absolute Gasteiger partial charge is 0.478 e. The smallest absolute Gasteiger partial charge is 0.335 e. The normalized spacial score (nSPS) is 17.8. The summed E-state index contributed by atoms with van der Waals surface area (Å²) in [6.07, 6.45) is 0.703. The molecule has 0 bridgehead atoms. The molecule has 1 aromatic carbocycles. The van der Waals surface area contributed by atoms with Crippen LogP contribution in [0.1, 0.15) is 15.9 Å². The zero-order valence-electron chi connectivity index (χ0n) is 12.7. The maximum absolute atomic E-state index is 11.8. The number of rotatable bonds is 5. The fourth-order valence-electron chi connectivity index (χ4n) is 2.58. The minimum absolute atomic E-state index is 0.324. The van der Waals surface area contributed by atoms with E-state index in [1.807, 2.05) is 25.5 Å². The molecule has 5 nitrogen and oxygen atoms in total. The highest BCUT2D eigenvalue weighted by Gasteiger charge is 2.20. The number of nitrogens with zero attached hydrogens (tertiary/aromatic N) is 2. The molecular weight excluding hydrogens is 287 g/mol. The van der Waals surface area contributed by atoms with Crippen LogP contribution in [-0.2, 0) is 11.1 Å². The molecule has 1 N–H and O–H groups in total. The van der Waals surface area contributed by atoms with Gasteiger partial charge in [0.1, 0.15) is 0 Å². The van der Waals surface area contributed by atoms with Crippen LogP contribution in [0, 0.1) is 0 Å². The Balaban J connectivity index is 1.83. The van der Waals surface area contributed by atoms with Gasteiger partial charge in [-0.25, -0.2) is 4.79 Å². The number of hydrogen-bond donors (Lipinski definition) is 1. The standard InChI is InChI=1S/C15H23N2O3P/c1-21(2,20)12-17-9-7-16(8-10-17)11-13-3-5-14(6-4-13)15(18)19/h3-6H,7-12H2,1-2H3,(H,18,19). The predicted molar refractivity (Wildman–Crippen MR) is 84.6 cm³/mol. The number of carboxylic acid groups (broad SMARTS) is 1. The summed E-state index contributed by atoms with van der Waals surface area (Å²) in [4.78, 5) is 15.4. The molecule has 0 spiro atoms. The molecule has 0 aromatic heterocycles. The molecule has 21 heavy (non-hydrogen) atoms. The van der Waals surface area contributed by atoms with Gasteiger partial charge in [0.25, 0.3) is 0 Å². The van der Waals surface area contributed by atoms with Crippen molar-refractivity contribution in [2.75, 3.05) is 45.8 Å². The Bertz CT molecular complexity index is 530. The Hall–Kier alpha value is -1.16. The van der Waals surface area contributed by atoms with Crippen molar-refractivity contribution in [1.29, 1.82) is 0 Å². The van der Waals surface area contributed by atoms with Crippen LogP contribution >= 0.6 is 7.14 Å². The molecule has 116 valence electrons. The van der Waals surface area contributed by atoms with E-state index in [0.29, 0.717) is 11.8 Å². The van der Waals surface area contributed by atoms with Crippen LogP contribution in [-0.4, -0.2) is 66.7 Å². The number of carbonyl (C=O) groups is 1. The molecule has 1 heterocycles. The van der Waals surface area contributed by atoms with Crippen molar-refractivity contribution in [2.45, 2.75) is 6.54 Å². The molecule has 2 rings (SSSR count). The molecule has 1 aromatic rings. The van der Waals surface area contributed by atoms with Crippen molar-refractivity contribution >= 4 is 13.1 Å². The fourth-order valence-corrected chi connectivity index (χ4v) is 3.83. The fraction of sp³-hybridized carbons (Fsp3) is 0.533. The summed E-state index contributed by atoms with van der Waals surface area (Å²) in [5.74, 6) is -0.890. The van der Waals surface area contributed by atoms with Crippen LogP contribution in [0.15, 0.2) is 24.3 Å². The molecule has 6 heteroatoms. The van der Waals surface area contributed by atoms with E-state index in [1.165, 1.54) is 0 Å². The summed E-state index contributed by atoms with van der Waals surface area (Å²) in [5.41, 5.74) is 1.45. The van der Waals surface area contributed by atoms with Gasteiger partial charge in [-0.15, -0.1) is 0 Å². The van der Waals surface area contributed by atoms with Gasteiger partial charge in [0.15, 0.2) is 0 Å². The third-order valence-corrected chi connectivity index (χ3v) is 4.69. The highest BCUT2D eigenvalue weighted by Crippen LogP contribution is 2.36. The summed E-state index contributed by atoms with van der Waals surface area (Å²) in [7, 11) is -1.98. The van der Waals surface area contributed by atoms with Crippen LogP contribution < -0.4 is 0 Å². The first-order valence-corrected chi connectivity index (χ1v) is 9.93. The van der Waals surface area contributed by atoms with Crippen LogP contribution in [0.25, 0.3) is 0 Å². The Kier molecular flexibility index (Phi) is 5.20. The molecule has 1 fully saturated rings. The van der Waals surface area contributed by atoms with E-state index in [1.54, 1.807) is 12.1 Å². The lowest BCUT2D eigenvalue weighted by atomic mass is 10.1. The van der Waals surface area contributed by atoms with E-state index in [4.69, 9.17) is 5.11 Å². The second-order valence-electron chi connectivity index (χ2n) is 6.11. The molecule has 0 amide bonds. The number of carboxylic acids is 1. The highest BCUT2D eigenvalue weighted by molar-refractivity contribution is 7.62. The van der Waals surface area contributed by atoms with Crippen molar-refractivity contribution < 1.29 is 14.5 Å². The second kappa shape index (κ2) is 6.73. The Labute approximate surface area is 125 Å². The monoisotopic (exact) mass is 310 g/mol. The van der Waals surface area contributed by atoms with Crippen molar-refractivity contribution in [2.24, 2.45) is 0 Å². The topological polar surface area (TPSA) is 60.9 Å². The lowest BCUT2D eigenvalue weighted by Gasteiger charge is -2.35. The minimum atomic E-state index is -1.98. The van der Waals surface area contributed by atoms with Crippen molar-refractivity contribution in [1.82, 2.24) is 9.80 Å². The average Bonchev–Trinajstić information content (AvgIpc) is 2.40. The molecule has 1 aliphatic heterocycles. The zero-order chi connectivity index (χ0) is 15.5. The maximum atomic E-state index is 11.8. The van der Waals surface area contributed by atoms with Gasteiger partial charge in [-0.1, -0.05) is 12.1 Å². The quantitative estimate of drug-likeness (QED) is 0.844. The van der Waals surface area contributed by atoms with Gasteiger partial charge >= 0.3 is 5.97 Å². The second-order valence-corrected chi connectivity index (χ2v) is 9.54. The first-order valence-electron chi connectivity index (χ1n) is 7.14. The first kappa shape index (κ1) is 16.2. The molecule has 0 aliphatic carbocycles. The zero-order valence-corrected chi connectivity index (χ0v) is 13.6. The number of aromatic carboxylic acids is 1. The number of piperazine rings is 1. The summed E-state index contributed by atoms with van der Waals surface area (Å²) in [6, 6.07) is 7.06. The van der Waals surface area contributed by atoms with E-state index < -0.39 is 13.1 Å². The number of benzene rings is 1. The molecule has 1 saturated heterocycles. The Morgan fingerprint density at radius 3 is 2.10 bits per heavy atom. The molecule has 0 unspecified atom stereocenters. The molecule has 0 radical (unpaired) electrons. The van der Waals surface area contributed by atoms with E-state index in [9.17, 15) is 9.36 Å². The predicted octanol–water partition coefficient (Wildman–Crippen LogP) is 2.08. The SMILES string of the molecule is CP(C)(=O)CN1CCN(Cc2ccc(C(=O)O)cc2)CC1. The van der Waals surface area contributed by atoms with Gasteiger partial charge in [-0.2, -0.15) is 0 Å². The molecular formula is C15H23N2O3P. The van der Waals surface area contributed by atoms with Gasteiger partial charge in [0.2, 0.25) is 0 Å². The van der Waals surface area contributed by atoms with Crippen molar-refractivity contribution in [3.05, 3.63) is 35.4 Å². The van der Waals surface area contributed by atoms with E-state index in [2.05, 4.69) is 9.80 Å². The van der Waals surface area contributed by atoms with Crippen molar-refractivity contribution in [3.63, 3.8) is 0 Å². The van der Waals surface area contributed by atoms with Crippen LogP contribution in [0.4, 0.5) is 0 Å². The van der Waals surface area contributed by atoms with Gasteiger partial charge in [0, 0.05) is 32.7 Å². The van der Waals surface area contributed by atoms with E-state index >= 15 is 0 Å².